The maximum absolute atomic E-state index is 12.7. The van der Waals surface area contributed by atoms with Gasteiger partial charge < -0.3 is 9.30 Å². The molecule has 0 saturated heterocycles. The van der Waals surface area contributed by atoms with Crippen molar-refractivity contribution in [3.05, 3.63) is 99.4 Å². The normalized spacial score (nSPS) is 11.0. The highest BCUT2D eigenvalue weighted by atomic mass is 16.5. The van der Waals surface area contributed by atoms with Crippen LogP contribution in [0.25, 0.3) is 11.3 Å². The van der Waals surface area contributed by atoms with E-state index in [-0.39, 0.29) is 12.2 Å². The summed E-state index contributed by atoms with van der Waals surface area (Å²) in [5.74, 6) is -0.438. The molecule has 29 heavy (non-hydrogen) atoms. The Morgan fingerprint density at radius 1 is 1.03 bits per heavy atom. The number of hydrogen-bond donors (Lipinski definition) is 0. The lowest BCUT2D eigenvalue weighted by Crippen LogP contribution is -2.17. The second kappa shape index (κ2) is 7.39. The molecule has 0 amide bonds. The second-order valence-corrected chi connectivity index (χ2v) is 7.00. The molecule has 0 radical (unpaired) electrons. The summed E-state index contributed by atoms with van der Waals surface area (Å²) in [6.45, 7) is 5.66. The minimum Gasteiger partial charge on any atom is -0.456 e. The number of nitrogens with zero attached hydrogens (tertiary/aromatic N) is 3. The van der Waals surface area contributed by atoms with E-state index in [2.05, 4.69) is 4.98 Å². The number of esters is 1. The van der Waals surface area contributed by atoms with Crippen LogP contribution >= 0.6 is 0 Å². The maximum atomic E-state index is 12.7. The first-order chi connectivity index (χ1) is 14.0. The molecule has 0 saturated carbocycles. The molecule has 4 rings (SSSR count). The van der Waals surface area contributed by atoms with Crippen LogP contribution < -0.4 is 5.56 Å². The Labute approximate surface area is 168 Å². The van der Waals surface area contributed by atoms with E-state index in [0.29, 0.717) is 16.9 Å². The molecule has 1 aromatic carbocycles. The Bertz CT molecular complexity index is 1270. The van der Waals surface area contributed by atoms with Crippen LogP contribution in [0.5, 0.6) is 0 Å². The van der Waals surface area contributed by atoms with Crippen molar-refractivity contribution in [2.45, 2.75) is 27.4 Å². The third kappa shape index (κ3) is 3.45. The van der Waals surface area contributed by atoms with Gasteiger partial charge in [0, 0.05) is 29.3 Å². The van der Waals surface area contributed by atoms with E-state index >= 15 is 0 Å². The first kappa shape index (κ1) is 18.7. The molecule has 0 fully saturated rings. The summed E-state index contributed by atoms with van der Waals surface area (Å²) >= 11 is 0. The smallest absolute Gasteiger partial charge is 0.340 e. The van der Waals surface area contributed by atoms with Crippen LogP contribution in [-0.2, 0) is 11.3 Å². The van der Waals surface area contributed by atoms with Crippen LogP contribution in [0.1, 0.15) is 33.0 Å². The fourth-order valence-corrected chi connectivity index (χ4v) is 3.54. The summed E-state index contributed by atoms with van der Waals surface area (Å²) in [6, 6.07) is 16.7. The molecule has 0 bridgehead atoms. The van der Waals surface area contributed by atoms with E-state index in [1.54, 1.807) is 12.3 Å². The number of carbonyl (C=O) groups excluding carboxylic acids is 1. The first-order valence-corrected chi connectivity index (χ1v) is 9.35. The van der Waals surface area contributed by atoms with E-state index in [1.165, 1.54) is 10.5 Å². The van der Waals surface area contributed by atoms with Gasteiger partial charge in [0.2, 0.25) is 0 Å². The number of aromatic nitrogens is 3. The molecule has 0 aliphatic heterocycles. The zero-order valence-electron chi connectivity index (χ0n) is 16.5. The number of hydrogen-bond acceptors (Lipinski definition) is 4. The molecular formula is C23H21N3O3. The van der Waals surface area contributed by atoms with E-state index < -0.39 is 5.97 Å². The molecule has 4 aromatic rings. The number of para-hydroxylation sites is 1. The average molecular weight is 387 g/mol. The SMILES string of the molecule is Cc1cccn2c(=O)cc(COC(=O)c3cc(C)n(-c4ccccc4)c3C)nc12. The number of rotatable bonds is 4. The summed E-state index contributed by atoms with van der Waals surface area (Å²) in [5, 5.41) is 0. The Balaban J connectivity index is 1.59. The van der Waals surface area contributed by atoms with Gasteiger partial charge in [0.05, 0.1) is 11.3 Å². The molecular weight excluding hydrogens is 366 g/mol. The highest BCUT2D eigenvalue weighted by molar-refractivity contribution is 5.91. The van der Waals surface area contributed by atoms with Gasteiger partial charge in [-0.3, -0.25) is 9.20 Å². The predicted octanol–water partition coefficient (Wildman–Crippen LogP) is 3.77. The van der Waals surface area contributed by atoms with Gasteiger partial charge in [-0.25, -0.2) is 9.78 Å². The number of aryl methyl sites for hydroxylation is 2. The van der Waals surface area contributed by atoms with Gasteiger partial charge in [-0.1, -0.05) is 24.3 Å². The van der Waals surface area contributed by atoms with Gasteiger partial charge in [-0.2, -0.15) is 0 Å². The number of carbonyl (C=O) groups is 1. The lowest BCUT2D eigenvalue weighted by Gasteiger charge is -2.10. The highest BCUT2D eigenvalue weighted by Gasteiger charge is 2.18. The van der Waals surface area contributed by atoms with Crippen LogP contribution in [0.3, 0.4) is 0 Å². The molecule has 146 valence electrons. The lowest BCUT2D eigenvalue weighted by molar-refractivity contribution is 0.0467. The average Bonchev–Trinajstić information content (AvgIpc) is 3.02. The lowest BCUT2D eigenvalue weighted by atomic mass is 10.2. The Morgan fingerprint density at radius 2 is 1.79 bits per heavy atom. The van der Waals surface area contributed by atoms with E-state index in [4.69, 9.17) is 4.74 Å². The van der Waals surface area contributed by atoms with Crippen LogP contribution in [0.4, 0.5) is 0 Å². The standard InChI is InChI=1S/C23H21N3O3/c1-15-8-7-11-25-21(27)13-18(24-22(15)25)14-29-23(28)20-12-16(2)26(17(20)3)19-9-5-4-6-10-19/h4-13H,14H2,1-3H3. The Hall–Kier alpha value is -3.67. The number of ether oxygens (including phenoxy) is 1. The van der Waals surface area contributed by atoms with Gasteiger partial charge in [-0.05, 0) is 50.6 Å². The zero-order valence-corrected chi connectivity index (χ0v) is 16.5. The van der Waals surface area contributed by atoms with Crippen molar-refractivity contribution in [3.63, 3.8) is 0 Å². The molecule has 0 spiro atoms. The third-order valence-corrected chi connectivity index (χ3v) is 4.96. The van der Waals surface area contributed by atoms with Crippen molar-refractivity contribution in [2.75, 3.05) is 0 Å². The molecule has 6 nitrogen and oxygen atoms in total. The molecule has 0 unspecified atom stereocenters. The molecule has 0 aliphatic rings. The first-order valence-electron chi connectivity index (χ1n) is 9.35. The van der Waals surface area contributed by atoms with E-state index in [9.17, 15) is 9.59 Å². The molecule has 6 heteroatoms. The third-order valence-electron chi connectivity index (χ3n) is 4.96. The number of fused-ring (bicyclic) bond motifs is 1. The van der Waals surface area contributed by atoms with Gasteiger partial charge in [-0.15, -0.1) is 0 Å². The quantitative estimate of drug-likeness (QED) is 0.500. The van der Waals surface area contributed by atoms with Crippen molar-refractivity contribution in [1.29, 1.82) is 0 Å². The summed E-state index contributed by atoms with van der Waals surface area (Å²) in [6.07, 6.45) is 1.67. The van der Waals surface area contributed by atoms with Crippen LogP contribution in [0, 0.1) is 20.8 Å². The van der Waals surface area contributed by atoms with Crippen LogP contribution in [-0.4, -0.2) is 19.9 Å². The maximum Gasteiger partial charge on any atom is 0.340 e. The minimum absolute atomic E-state index is 0.0616. The fraction of sp³-hybridized carbons (Fsp3) is 0.174. The van der Waals surface area contributed by atoms with Crippen molar-refractivity contribution in [2.24, 2.45) is 0 Å². The minimum atomic E-state index is -0.438. The summed E-state index contributed by atoms with van der Waals surface area (Å²) < 4.78 is 8.97. The van der Waals surface area contributed by atoms with Gasteiger partial charge in [0.15, 0.2) is 0 Å². The highest BCUT2D eigenvalue weighted by Crippen LogP contribution is 2.21. The monoisotopic (exact) mass is 387 g/mol. The number of benzene rings is 1. The Kier molecular flexibility index (Phi) is 4.76. The van der Waals surface area contributed by atoms with Gasteiger partial charge in [0.25, 0.3) is 5.56 Å². The van der Waals surface area contributed by atoms with Gasteiger partial charge in [0.1, 0.15) is 12.3 Å². The predicted molar refractivity (Wildman–Crippen MR) is 111 cm³/mol. The van der Waals surface area contributed by atoms with Crippen molar-refractivity contribution in [3.8, 4) is 5.69 Å². The van der Waals surface area contributed by atoms with E-state index in [1.807, 2.05) is 67.8 Å². The number of pyridine rings is 1. The Morgan fingerprint density at radius 3 is 2.55 bits per heavy atom. The fourth-order valence-electron chi connectivity index (χ4n) is 3.54. The summed E-state index contributed by atoms with van der Waals surface area (Å²) in [4.78, 5) is 29.5. The molecule has 0 N–H and O–H groups in total. The summed E-state index contributed by atoms with van der Waals surface area (Å²) in [7, 11) is 0. The van der Waals surface area contributed by atoms with Crippen LogP contribution in [0.2, 0.25) is 0 Å². The topological polar surface area (TPSA) is 65.6 Å². The second-order valence-electron chi connectivity index (χ2n) is 7.00. The van der Waals surface area contributed by atoms with Crippen molar-refractivity contribution < 1.29 is 9.53 Å². The summed E-state index contributed by atoms with van der Waals surface area (Å²) in [5.41, 5.74) is 4.90. The molecule has 3 heterocycles. The van der Waals surface area contributed by atoms with Crippen molar-refractivity contribution in [1.82, 2.24) is 14.0 Å². The zero-order chi connectivity index (χ0) is 20.5. The molecule has 0 aliphatic carbocycles. The van der Waals surface area contributed by atoms with Crippen LogP contribution in [0.15, 0.2) is 65.6 Å². The molecule has 0 atom stereocenters. The van der Waals surface area contributed by atoms with E-state index in [0.717, 1.165) is 22.6 Å². The van der Waals surface area contributed by atoms with Gasteiger partial charge >= 0.3 is 5.97 Å². The largest absolute Gasteiger partial charge is 0.456 e. The molecule has 3 aromatic heterocycles. The van der Waals surface area contributed by atoms with Crippen molar-refractivity contribution >= 4 is 11.6 Å².